The molecule has 8 nitrogen and oxygen atoms in total. The molecule has 0 aromatic heterocycles. The molecule has 0 spiro atoms. The van der Waals surface area contributed by atoms with Crippen molar-refractivity contribution in [3.63, 3.8) is 0 Å². The molecule has 2 atom stereocenters. The van der Waals surface area contributed by atoms with Gasteiger partial charge in [0, 0.05) is 13.0 Å². The van der Waals surface area contributed by atoms with Crippen molar-refractivity contribution >= 4 is 13.8 Å². The van der Waals surface area contributed by atoms with Crippen molar-refractivity contribution < 1.29 is 33.1 Å². The lowest BCUT2D eigenvalue weighted by molar-refractivity contribution is -0.147. The number of esters is 1. The predicted octanol–water partition coefficient (Wildman–Crippen LogP) is 3.46. The van der Waals surface area contributed by atoms with Crippen LogP contribution in [0.5, 0.6) is 0 Å². The van der Waals surface area contributed by atoms with Crippen LogP contribution in [0.4, 0.5) is 0 Å². The maximum absolute atomic E-state index is 11.6. The lowest BCUT2D eigenvalue weighted by Gasteiger charge is -2.15. The highest BCUT2D eigenvalue weighted by Crippen LogP contribution is 2.42. The van der Waals surface area contributed by atoms with Crippen LogP contribution in [0, 0.1) is 0 Å². The molecule has 0 saturated heterocycles. The van der Waals surface area contributed by atoms with E-state index < -0.39 is 26.5 Å². The summed E-state index contributed by atoms with van der Waals surface area (Å²) in [5, 5.41) is 9.63. The standard InChI is InChI=1S/C19H38NO7P/c1-2-3-4-5-6-7-8-9-10-11-12-13-19(22)25-16-18(21)17-27-28(23,24)26-15-14-20/h5-6,18,21H,2-4,7-17,20H2,1H3,(H,23,24)/b6-5+/t18-/m1/s1. The quantitative estimate of drug-likeness (QED) is 0.125. The summed E-state index contributed by atoms with van der Waals surface area (Å²) in [7, 11) is -4.24. The Bertz CT molecular complexity index is 460. The number of carbonyl (C=O) groups is 1. The molecule has 0 aliphatic rings. The lowest BCUT2D eigenvalue weighted by atomic mass is 10.1. The highest BCUT2D eigenvalue weighted by molar-refractivity contribution is 7.47. The second kappa shape index (κ2) is 18.3. The molecule has 0 aromatic rings. The van der Waals surface area contributed by atoms with E-state index in [4.69, 9.17) is 10.5 Å². The third kappa shape index (κ3) is 18.6. The van der Waals surface area contributed by atoms with E-state index in [9.17, 15) is 19.4 Å². The van der Waals surface area contributed by atoms with Gasteiger partial charge in [0.05, 0.1) is 13.2 Å². The SMILES string of the molecule is CCCC/C=C/CCCCCCCC(=O)OC[C@@H](O)COP(=O)(O)OCCN. The van der Waals surface area contributed by atoms with E-state index in [1.807, 2.05) is 0 Å². The Balaban J connectivity index is 3.56. The number of nitrogens with two attached hydrogens (primary N) is 1. The Labute approximate surface area is 169 Å². The summed E-state index contributed by atoms with van der Waals surface area (Å²) in [6.07, 6.45) is 13.5. The molecule has 0 aliphatic heterocycles. The van der Waals surface area contributed by atoms with Crippen molar-refractivity contribution in [3.8, 4) is 0 Å². The van der Waals surface area contributed by atoms with Gasteiger partial charge in [0.25, 0.3) is 0 Å². The molecule has 0 saturated carbocycles. The highest BCUT2D eigenvalue weighted by Gasteiger charge is 2.22. The van der Waals surface area contributed by atoms with Crippen LogP contribution in [0.25, 0.3) is 0 Å². The van der Waals surface area contributed by atoms with Crippen molar-refractivity contribution in [2.45, 2.75) is 77.2 Å². The molecular weight excluding hydrogens is 385 g/mol. The summed E-state index contributed by atoms with van der Waals surface area (Å²) in [4.78, 5) is 20.9. The van der Waals surface area contributed by atoms with Gasteiger partial charge in [0.2, 0.25) is 0 Å². The number of allylic oxidation sites excluding steroid dienone is 2. The second-order valence-electron chi connectivity index (χ2n) is 6.64. The zero-order valence-electron chi connectivity index (χ0n) is 17.1. The van der Waals surface area contributed by atoms with Gasteiger partial charge >= 0.3 is 13.8 Å². The van der Waals surface area contributed by atoms with Gasteiger partial charge in [-0.05, 0) is 25.7 Å². The normalized spacial score (nSPS) is 14.9. The van der Waals surface area contributed by atoms with Crippen LogP contribution < -0.4 is 5.73 Å². The van der Waals surface area contributed by atoms with Crippen molar-refractivity contribution in [3.05, 3.63) is 12.2 Å². The van der Waals surface area contributed by atoms with Crippen molar-refractivity contribution in [2.24, 2.45) is 5.73 Å². The van der Waals surface area contributed by atoms with E-state index in [0.717, 1.165) is 32.1 Å². The molecule has 166 valence electrons. The predicted molar refractivity (Wildman–Crippen MR) is 109 cm³/mol. The summed E-state index contributed by atoms with van der Waals surface area (Å²) in [5.74, 6) is -0.399. The summed E-state index contributed by atoms with van der Waals surface area (Å²) in [6.45, 7) is 1.37. The number of phosphoric acid groups is 1. The van der Waals surface area contributed by atoms with Gasteiger partial charge in [0.15, 0.2) is 0 Å². The van der Waals surface area contributed by atoms with Gasteiger partial charge in [-0.2, -0.15) is 0 Å². The van der Waals surface area contributed by atoms with E-state index >= 15 is 0 Å². The van der Waals surface area contributed by atoms with Crippen molar-refractivity contribution in [2.75, 3.05) is 26.4 Å². The number of aliphatic hydroxyl groups excluding tert-OH is 1. The number of aliphatic hydroxyl groups is 1. The Morgan fingerprint density at radius 2 is 1.68 bits per heavy atom. The van der Waals surface area contributed by atoms with Crippen LogP contribution in [0.1, 0.15) is 71.1 Å². The van der Waals surface area contributed by atoms with Gasteiger partial charge < -0.3 is 20.5 Å². The van der Waals surface area contributed by atoms with Gasteiger partial charge in [-0.15, -0.1) is 0 Å². The fourth-order valence-corrected chi connectivity index (χ4v) is 3.09. The molecule has 0 radical (unpaired) electrons. The van der Waals surface area contributed by atoms with Crippen LogP contribution in [-0.2, 0) is 23.1 Å². The fourth-order valence-electron chi connectivity index (χ4n) is 2.31. The molecule has 0 bridgehead atoms. The van der Waals surface area contributed by atoms with Crippen LogP contribution in [-0.4, -0.2) is 48.4 Å². The first-order chi connectivity index (χ1) is 13.4. The van der Waals surface area contributed by atoms with Crippen LogP contribution >= 0.6 is 7.82 Å². The molecule has 0 aliphatic carbocycles. The zero-order valence-corrected chi connectivity index (χ0v) is 18.0. The van der Waals surface area contributed by atoms with E-state index in [1.165, 1.54) is 25.7 Å². The van der Waals surface area contributed by atoms with Gasteiger partial charge in [-0.3, -0.25) is 13.8 Å². The summed E-state index contributed by atoms with van der Waals surface area (Å²) in [5.41, 5.74) is 5.15. The number of rotatable bonds is 19. The molecule has 1 unspecified atom stereocenters. The maximum Gasteiger partial charge on any atom is 0.472 e. The van der Waals surface area contributed by atoms with Crippen LogP contribution in [0.2, 0.25) is 0 Å². The Kier molecular flexibility index (Phi) is 17.8. The van der Waals surface area contributed by atoms with Crippen molar-refractivity contribution in [1.82, 2.24) is 0 Å². The first kappa shape index (κ1) is 27.2. The monoisotopic (exact) mass is 423 g/mol. The maximum atomic E-state index is 11.6. The lowest BCUT2D eigenvalue weighted by Crippen LogP contribution is -2.23. The smallest absolute Gasteiger partial charge is 0.463 e. The van der Waals surface area contributed by atoms with E-state index in [1.54, 1.807) is 0 Å². The molecule has 0 aromatic carbocycles. The highest BCUT2D eigenvalue weighted by atomic mass is 31.2. The zero-order chi connectivity index (χ0) is 21.1. The van der Waals surface area contributed by atoms with Crippen molar-refractivity contribution in [1.29, 1.82) is 0 Å². The molecule has 28 heavy (non-hydrogen) atoms. The van der Waals surface area contributed by atoms with Gasteiger partial charge in [-0.1, -0.05) is 51.2 Å². The molecule has 4 N–H and O–H groups in total. The molecule has 0 rings (SSSR count). The fraction of sp³-hybridized carbons (Fsp3) is 0.842. The number of ether oxygens (including phenoxy) is 1. The molecular formula is C19H38NO7P. The van der Waals surface area contributed by atoms with E-state index in [0.29, 0.717) is 6.42 Å². The molecule has 9 heteroatoms. The number of hydrogen-bond acceptors (Lipinski definition) is 7. The summed E-state index contributed by atoms with van der Waals surface area (Å²) < 4.78 is 25.4. The Morgan fingerprint density at radius 3 is 2.36 bits per heavy atom. The summed E-state index contributed by atoms with van der Waals surface area (Å²) >= 11 is 0. The first-order valence-electron chi connectivity index (χ1n) is 10.2. The Hall–Kier alpha value is -0.760. The van der Waals surface area contributed by atoms with Gasteiger partial charge in [0.1, 0.15) is 12.7 Å². The Morgan fingerprint density at radius 1 is 1.04 bits per heavy atom. The van der Waals surface area contributed by atoms with Gasteiger partial charge in [-0.25, -0.2) is 4.57 Å². The van der Waals surface area contributed by atoms with Crippen LogP contribution in [0.3, 0.4) is 0 Å². The molecule has 0 amide bonds. The number of unbranched alkanes of at least 4 members (excludes halogenated alkanes) is 7. The largest absolute Gasteiger partial charge is 0.472 e. The minimum atomic E-state index is -4.24. The van der Waals surface area contributed by atoms with E-state index in [-0.39, 0.29) is 19.8 Å². The average Bonchev–Trinajstić information content (AvgIpc) is 2.67. The average molecular weight is 423 g/mol. The minimum absolute atomic E-state index is 0.0736. The van der Waals surface area contributed by atoms with Crippen LogP contribution in [0.15, 0.2) is 12.2 Å². The number of phosphoric ester groups is 1. The number of hydrogen-bond donors (Lipinski definition) is 3. The topological polar surface area (TPSA) is 128 Å². The molecule has 0 heterocycles. The van der Waals surface area contributed by atoms with E-state index in [2.05, 4.69) is 28.1 Å². The minimum Gasteiger partial charge on any atom is -0.463 e. The second-order valence-corrected chi connectivity index (χ2v) is 8.10. The first-order valence-corrected chi connectivity index (χ1v) is 11.7. The number of carbonyl (C=O) groups excluding carboxylic acids is 1. The summed E-state index contributed by atoms with van der Waals surface area (Å²) in [6, 6.07) is 0. The molecule has 0 fully saturated rings. The third-order valence-corrected chi connectivity index (χ3v) is 4.87. The third-order valence-electron chi connectivity index (χ3n) is 3.88.